The van der Waals surface area contributed by atoms with Gasteiger partial charge in [-0.1, -0.05) is 30.3 Å². The van der Waals surface area contributed by atoms with Crippen LogP contribution in [0.5, 0.6) is 0 Å². The molecule has 4 aromatic rings. The van der Waals surface area contributed by atoms with Crippen LogP contribution in [-0.4, -0.2) is 9.55 Å². The molecule has 0 atom stereocenters. The molecule has 0 amide bonds. The predicted molar refractivity (Wildman–Crippen MR) is 80.5 cm³/mol. The highest BCUT2D eigenvalue weighted by Crippen LogP contribution is 2.26. The van der Waals surface area contributed by atoms with Crippen LogP contribution < -0.4 is 11.2 Å². The van der Waals surface area contributed by atoms with E-state index in [1.54, 1.807) is 0 Å². The van der Waals surface area contributed by atoms with E-state index in [-0.39, 0.29) is 11.3 Å². The largest absolute Gasteiger partial charge is 0.437 e. The van der Waals surface area contributed by atoms with Crippen LogP contribution in [0, 0.1) is 0 Å². The molecule has 2 aromatic heterocycles. The molecule has 0 unspecified atom stereocenters. The standard InChI is InChI=1S/C16H10N2O3/c1-18-15(19)13-11-7-6-9-4-2-3-5-10(9)8-12(11)21-14(13)17-16(18)20/h2-8H,1H3. The number of rotatable bonds is 0. The zero-order valence-corrected chi connectivity index (χ0v) is 11.2. The molecular formula is C16H10N2O3. The van der Waals surface area contributed by atoms with E-state index >= 15 is 0 Å². The molecule has 102 valence electrons. The maximum Gasteiger partial charge on any atom is 0.353 e. The fourth-order valence-electron chi connectivity index (χ4n) is 2.53. The van der Waals surface area contributed by atoms with Crippen molar-refractivity contribution in [2.45, 2.75) is 0 Å². The Bertz CT molecular complexity index is 1140. The summed E-state index contributed by atoms with van der Waals surface area (Å²) < 4.78 is 6.60. The molecule has 0 saturated carbocycles. The van der Waals surface area contributed by atoms with Crippen LogP contribution in [0.2, 0.25) is 0 Å². The Labute approximate surface area is 118 Å². The van der Waals surface area contributed by atoms with E-state index in [2.05, 4.69) is 4.98 Å². The monoisotopic (exact) mass is 278 g/mol. The minimum Gasteiger partial charge on any atom is -0.437 e. The first kappa shape index (κ1) is 11.8. The normalized spacial score (nSPS) is 11.5. The summed E-state index contributed by atoms with van der Waals surface area (Å²) in [7, 11) is 1.41. The van der Waals surface area contributed by atoms with Crippen molar-refractivity contribution in [2.24, 2.45) is 7.05 Å². The summed E-state index contributed by atoms with van der Waals surface area (Å²) in [6, 6.07) is 13.5. The number of benzene rings is 1. The van der Waals surface area contributed by atoms with Crippen LogP contribution >= 0.6 is 0 Å². The molecule has 5 heteroatoms. The summed E-state index contributed by atoms with van der Waals surface area (Å²) >= 11 is 0. The first-order valence-electron chi connectivity index (χ1n) is 6.47. The van der Waals surface area contributed by atoms with Crippen molar-refractivity contribution < 1.29 is 4.42 Å². The highest BCUT2D eigenvalue weighted by Gasteiger charge is 2.14. The fraction of sp³-hybridized carbons (Fsp3) is 0.0625. The highest BCUT2D eigenvalue weighted by molar-refractivity contribution is 6.05. The molecule has 0 aliphatic rings. The zero-order chi connectivity index (χ0) is 14.6. The molecule has 21 heavy (non-hydrogen) atoms. The third-order valence-electron chi connectivity index (χ3n) is 3.67. The molecule has 4 rings (SSSR count). The molecule has 0 saturated heterocycles. The molecule has 0 radical (unpaired) electrons. The van der Waals surface area contributed by atoms with E-state index in [4.69, 9.17) is 4.42 Å². The van der Waals surface area contributed by atoms with Crippen molar-refractivity contribution in [3.05, 3.63) is 63.3 Å². The summed E-state index contributed by atoms with van der Waals surface area (Å²) in [6.07, 6.45) is 0. The third kappa shape index (κ3) is 1.61. The molecule has 5 nitrogen and oxygen atoms in total. The van der Waals surface area contributed by atoms with Crippen LogP contribution in [0.4, 0.5) is 0 Å². The molecule has 2 heterocycles. The second-order valence-electron chi connectivity index (χ2n) is 4.93. The van der Waals surface area contributed by atoms with Crippen LogP contribution in [0.1, 0.15) is 0 Å². The van der Waals surface area contributed by atoms with Gasteiger partial charge in [-0.05, 0) is 22.9 Å². The van der Waals surface area contributed by atoms with E-state index < -0.39 is 5.69 Å². The minimum atomic E-state index is -0.610. The van der Waals surface area contributed by atoms with Crippen LogP contribution in [0.3, 0.4) is 0 Å². The van der Waals surface area contributed by atoms with Crippen LogP contribution in [-0.2, 0) is 7.05 Å². The summed E-state index contributed by atoms with van der Waals surface area (Å²) in [5.74, 6) is 0. The van der Waals surface area contributed by atoms with Gasteiger partial charge >= 0.3 is 5.69 Å². The number of hydrogen-bond acceptors (Lipinski definition) is 4. The van der Waals surface area contributed by atoms with Crippen molar-refractivity contribution in [1.29, 1.82) is 0 Å². The highest BCUT2D eigenvalue weighted by atomic mass is 16.3. The minimum absolute atomic E-state index is 0.0911. The Hall–Kier alpha value is -2.95. The quantitative estimate of drug-likeness (QED) is 0.494. The summed E-state index contributed by atoms with van der Waals surface area (Å²) in [4.78, 5) is 27.7. The van der Waals surface area contributed by atoms with Gasteiger partial charge in [-0.2, -0.15) is 4.98 Å². The Kier molecular flexibility index (Phi) is 2.27. The van der Waals surface area contributed by atoms with Gasteiger partial charge in [-0.15, -0.1) is 0 Å². The molecule has 0 fully saturated rings. The first-order chi connectivity index (χ1) is 10.1. The summed E-state index contributed by atoms with van der Waals surface area (Å²) in [6.45, 7) is 0. The summed E-state index contributed by atoms with van der Waals surface area (Å²) in [5, 5.41) is 3.04. The van der Waals surface area contributed by atoms with E-state index in [9.17, 15) is 9.59 Å². The Balaban J connectivity index is 2.31. The molecular weight excluding hydrogens is 268 g/mol. The van der Waals surface area contributed by atoms with Gasteiger partial charge in [-0.25, -0.2) is 4.79 Å². The van der Waals surface area contributed by atoms with E-state index in [0.717, 1.165) is 15.3 Å². The van der Waals surface area contributed by atoms with Crippen molar-refractivity contribution in [1.82, 2.24) is 9.55 Å². The molecule has 0 N–H and O–H groups in total. The average Bonchev–Trinajstić information content (AvgIpc) is 2.70. The van der Waals surface area contributed by atoms with E-state index in [1.165, 1.54) is 7.05 Å². The van der Waals surface area contributed by atoms with Gasteiger partial charge in [0.05, 0.1) is 0 Å². The number of furan rings is 1. The van der Waals surface area contributed by atoms with Crippen molar-refractivity contribution in [3.63, 3.8) is 0 Å². The Morgan fingerprint density at radius 3 is 2.62 bits per heavy atom. The fourth-order valence-corrected chi connectivity index (χ4v) is 2.53. The lowest BCUT2D eigenvalue weighted by Crippen LogP contribution is -2.31. The van der Waals surface area contributed by atoms with Gasteiger partial charge < -0.3 is 4.42 Å². The lowest BCUT2D eigenvalue weighted by atomic mass is 10.2. The molecule has 0 aliphatic heterocycles. The van der Waals surface area contributed by atoms with Gasteiger partial charge in [-0.3, -0.25) is 9.36 Å². The average molecular weight is 278 g/mol. The van der Waals surface area contributed by atoms with Crippen molar-refractivity contribution in [2.75, 3.05) is 0 Å². The molecule has 0 aliphatic carbocycles. The second-order valence-corrected chi connectivity index (χ2v) is 4.93. The zero-order valence-electron chi connectivity index (χ0n) is 11.2. The number of fused-ring (bicyclic) bond motifs is 4. The van der Waals surface area contributed by atoms with Crippen LogP contribution in [0.15, 0.2) is 56.5 Å². The third-order valence-corrected chi connectivity index (χ3v) is 3.67. The maximum absolute atomic E-state index is 12.3. The lowest BCUT2D eigenvalue weighted by Gasteiger charge is -1.92. The number of nitrogens with zero attached hydrogens (tertiary/aromatic N) is 2. The van der Waals surface area contributed by atoms with E-state index in [1.807, 2.05) is 42.5 Å². The second kappa shape index (κ2) is 4.02. The molecule has 0 bridgehead atoms. The number of aromatic nitrogens is 2. The van der Waals surface area contributed by atoms with Crippen molar-refractivity contribution in [3.8, 4) is 0 Å². The smallest absolute Gasteiger partial charge is 0.353 e. The molecule has 0 spiro atoms. The van der Waals surface area contributed by atoms with Gasteiger partial charge in [0.15, 0.2) is 0 Å². The van der Waals surface area contributed by atoms with Gasteiger partial charge in [0.1, 0.15) is 11.0 Å². The van der Waals surface area contributed by atoms with Gasteiger partial charge in [0.25, 0.3) is 5.56 Å². The SMILES string of the molecule is Cn1c(=O)nc2oc3cc4ccccc4ccc3c2c1=O. The number of hydrogen-bond donors (Lipinski definition) is 0. The van der Waals surface area contributed by atoms with E-state index in [0.29, 0.717) is 16.4 Å². The van der Waals surface area contributed by atoms with Crippen LogP contribution in [0.25, 0.3) is 32.8 Å². The van der Waals surface area contributed by atoms with Gasteiger partial charge in [0, 0.05) is 12.4 Å². The van der Waals surface area contributed by atoms with Gasteiger partial charge in [0.2, 0.25) is 5.71 Å². The van der Waals surface area contributed by atoms with Crippen molar-refractivity contribution >= 4 is 32.8 Å². The Morgan fingerprint density at radius 1 is 1.05 bits per heavy atom. The predicted octanol–water partition coefficient (Wildman–Crippen LogP) is 2.19. The Morgan fingerprint density at radius 2 is 1.81 bits per heavy atom. The summed E-state index contributed by atoms with van der Waals surface area (Å²) in [5.41, 5.74) is -0.366. The maximum atomic E-state index is 12.3. The topological polar surface area (TPSA) is 65.1 Å². The molecule has 2 aromatic carbocycles. The first-order valence-corrected chi connectivity index (χ1v) is 6.47. The lowest BCUT2D eigenvalue weighted by molar-refractivity contribution is 0.642.